The lowest BCUT2D eigenvalue weighted by Gasteiger charge is -2.25. The Hall–Kier alpha value is -2.10. The average molecular weight is 270 g/mol. The van der Waals surface area contributed by atoms with Gasteiger partial charge in [0.05, 0.1) is 10.9 Å². The maximum atomic E-state index is 11.6. The number of carboxylic acid groups (broad SMARTS) is 1. The summed E-state index contributed by atoms with van der Waals surface area (Å²) in [6, 6.07) is 9.80. The van der Waals surface area contributed by atoms with Crippen molar-refractivity contribution in [2.75, 3.05) is 11.9 Å². The molecule has 1 aromatic carbocycles. The zero-order chi connectivity index (χ0) is 14.0. The summed E-state index contributed by atoms with van der Waals surface area (Å²) >= 11 is 0. The first-order valence-electron chi connectivity index (χ1n) is 7.02. The van der Waals surface area contributed by atoms with Crippen LogP contribution in [0, 0.1) is 5.41 Å². The van der Waals surface area contributed by atoms with E-state index in [4.69, 9.17) is 0 Å². The third-order valence-corrected chi connectivity index (χ3v) is 4.28. The molecule has 104 valence electrons. The number of nitrogens with one attached hydrogen (secondary N) is 1. The minimum absolute atomic E-state index is 0.482. The van der Waals surface area contributed by atoms with Crippen LogP contribution < -0.4 is 5.32 Å². The third-order valence-electron chi connectivity index (χ3n) is 4.28. The van der Waals surface area contributed by atoms with E-state index < -0.39 is 11.4 Å². The number of anilines is 1. The Bertz CT molecular complexity index is 628. The largest absolute Gasteiger partial charge is 0.481 e. The van der Waals surface area contributed by atoms with Crippen LogP contribution in [-0.4, -0.2) is 22.6 Å². The van der Waals surface area contributed by atoms with Crippen LogP contribution in [0.25, 0.3) is 10.9 Å². The van der Waals surface area contributed by atoms with Gasteiger partial charge in [-0.05, 0) is 25.0 Å². The molecule has 1 aromatic heterocycles. The molecule has 1 heterocycles. The molecule has 0 atom stereocenters. The molecule has 2 aromatic rings. The van der Waals surface area contributed by atoms with Gasteiger partial charge in [-0.1, -0.05) is 31.0 Å². The number of pyridine rings is 1. The number of fused-ring (bicyclic) bond motifs is 1. The minimum Gasteiger partial charge on any atom is -0.481 e. The zero-order valence-electron chi connectivity index (χ0n) is 11.3. The van der Waals surface area contributed by atoms with E-state index in [0.29, 0.717) is 6.54 Å². The molecule has 1 saturated carbocycles. The Morgan fingerprint density at radius 2 is 2.00 bits per heavy atom. The van der Waals surface area contributed by atoms with E-state index in [9.17, 15) is 9.90 Å². The smallest absolute Gasteiger partial charge is 0.311 e. The van der Waals surface area contributed by atoms with Crippen molar-refractivity contribution in [3.63, 3.8) is 0 Å². The molecule has 1 aliphatic rings. The Morgan fingerprint density at radius 3 is 2.75 bits per heavy atom. The van der Waals surface area contributed by atoms with Crippen molar-refractivity contribution in [1.82, 2.24) is 4.98 Å². The van der Waals surface area contributed by atoms with Crippen LogP contribution in [-0.2, 0) is 4.79 Å². The van der Waals surface area contributed by atoms with E-state index in [-0.39, 0.29) is 0 Å². The van der Waals surface area contributed by atoms with E-state index in [1.807, 2.05) is 30.3 Å². The molecule has 4 heteroatoms. The van der Waals surface area contributed by atoms with Crippen LogP contribution in [0.3, 0.4) is 0 Å². The standard InChI is InChI=1S/C16H18N2O2/c19-15(20)16(8-3-4-9-16)11-18-14-7-10-17-13-6-2-1-5-12(13)14/h1-2,5-7,10H,3-4,8-9,11H2,(H,17,18)(H,19,20). The highest BCUT2D eigenvalue weighted by Crippen LogP contribution is 2.38. The van der Waals surface area contributed by atoms with Crippen LogP contribution in [0.5, 0.6) is 0 Å². The first-order valence-corrected chi connectivity index (χ1v) is 7.02. The number of hydrogen-bond donors (Lipinski definition) is 2. The molecule has 0 radical (unpaired) electrons. The van der Waals surface area contributed by atoms with Gasteiger partial charge in [-0.25, -0.2) is 0 Å². The monoisotopic (exact) mass is 270 g/mol. The molecule has 3 rings (SSSR count). The fraction of sp³-hybridized carbons (Fsp3) is 0.375. The fourth-order valence-electron chi connectivity index (χ4n) is 3.03. The Labute approximate surface area is 117 Å². The molecule has 0 unspecified atom stereocenters. The van der Waals surface area contributed by atoms with Gasteiger partial charge in [0.15, 0.2) is 0 Å². The maximum Gasteiger partial charge on any atom is 0.311 e. The van der Waals surface area contributed by atoms with Crippen molar-refractivity contribution < 1.29 is 9.90 Å². The molecule has 0 saturated heterocycles. The summed E-state index contributed by atoms with van der Waals surface area (Å²) in [5.74, 6) is -0.680. The highest BCUT2D eigenvalue weighted by molar-refractivity contribution is 5.91. The Kier molecular flexibility index (Phi) is 3.30. The number of hydrogen-bond acceptors (Lipinski definition) is 3. The van der Waals surface area contributed by atoms with Crippen LogP contribution >= 0.6 is 0 Å². The summed E-state index contributed by atoms with van der Waals surface area (Å²) < 4.78 is 0. The molecule has 0 amide bonds. The molecule has 1 fully saturated rings. The average Bonchev–Trinajstić information content (AvgIpc) is 2.95. The lowest BCUT2D eigenvalue weighted by atomic mass is 9.86. The molecule has 0 bridgehead atoms. The maximum absolute atomic E-state index is 11.6. The predicted molar refractivity (Wildman–Crippen MR) is 78.8 cm³/mol. The molecule has 4 nitrogen and oxygen atoms in total. The van der Waals surface area contributed by atoms with Crippen molar-refractivity contribution in [3.05, 3.63) is 36.5 Å². The van der Waals surface area contributed by atoms with Gasteiger partial charge in [0, 0.05) is 23.8 Å². The number of aromatic nitrogens is 1. The Balaban J connectivity index is 1.85. The first kappa shape index (κ1) is 12.9. The van der Waals surface area contributed by atoms with Gasteiger partial charge in [-0.3, -0.25) is 9.78 Å². The summed E-state index contributed by atoms with van der Waals surface area (Å²) in [4.78, 5) is 15.9. The SMILES string of the molecule is O=C(O)C1(CNc2ccnc3ccccc23)CCCC1. The number of aliphatic carboxylic acids is 1. The van der Waals surface area contributed by atoms with Crippen LogP contribution in [0.15, 0.2) is 36.5 Å². The normalized spacial score (nSPS) is 17.2. The highest BCUT2D eigenvalue weighted by Gasteiger charge is 2.41. The van der Waals surface area contributed by atoms with Crippen molar-refractivity contribution in [1.29, 1.82) is 0 Å². The van der Waals surface area contributed by atoms with Crippen LogP contribution in [0.1, 0.15) is 25.7 Å². The molecule has 0 spiro atoms. The summed E-state index contributed by atoms with van der Waals surface area (Å²) in [5.41, 5.74) is 1.28. The van der Waals surface area contributed by atoms with E-state index in [2.05, 4.69) is 10.3 Å². The number of carbonyl (C=O) groups is 1. The molecule has 0 aliphatic heterocycles. The highest BCUT2D eigenvalue weighted by atomic mass is 16.4. The van der Waals surface area contributed by atoms with Crippen molar-refractivity contribution >= 4 is 22.6 Å². The quantitative estimate of drug-likeness (QED) is 0.895. The molecular weight excluding hydrogens is 252 g/mol. The topological polar surface area (TPSA) is 62.2 Å². The van der Waals surface area contributed by atoms with Gasteiger partial charge in [-0.2, -0.15) is 0 Å². The van der Waals surface area contributed by atoms with Crippen LogP contribution in [0.4, 0.5) is 5.69 Å². The summed E-state index contributed by atoms with van der Waals surface area (Å²) in [6.07, 6.45) is 5.29. The summed E-state index contributed by atoms with van der Waals surface area (Å²) in [7, 11) is 0. The van der Waals surface area contributed by atoms with E-state index in [1.54, 1.807) is 6.20 Å². The van der Waals surface area contributed by atoms with Gasteiger partial charge in [0.25, 0.3) is 0 Å². The van der Waals surface area contributed by atoms with E-state index >= 15 is 0 Å². The predicted octanol–water partition coefficient (Wildman–Crippen LogP) is 3.29. The van der Waals surface area contributed by atoms with Crippen molar-refractivity contribution in [2.45, 2.75) is 25.7 Å². The second-order valence-corrected chi connectivity index (χ2v) is 5.52. The third kappa shape index (κ3) is 2.22. The fourth-order valence-corrected chi connectivity index (χ4v) is 3.03. The van der Waals surface area contributed by atoms with E-state index in [1.165, 1.54) is 0 Å². The summed E-state index contributed by atoms with van der Waals surface area (Å²) in [5, 5.41) is 13.9. The molecule has 20 heavy (non-hydrogen) atoms. The van der Waals surface area contributed by atoms with Gasteiger partial charge in [0.2, 0.25) is 0 Å². The van der Waals surface area contributed by atoms with Crippen molar-refractivity contribution in [3.8, 4) is 0 Å². The first-order chi connectivity index (χ1) is 9.71. The number of benzene rings is 1. The number of para-hydroxylation sites is 1. The summed E-state index contributed by atoms with van der Waals surface area (Å²) in [6.45, 7) is 0.482. The second kappa shape index (κ2) is 5.12. The van der Waals surface area contributed by atoms with Gasteiger partial charge < -0.3 is 10.4 Å². The molecule has 1 aliphatic carbocycles. The van der Waals surface area contributed by atoms with Gasteiger partial charge >= 0.3 is 5.97 Å². The Morgan fingerprint density at radius 1 is 1.25 bits per heavy atom. The minimum atomic E-state index is -0.680. The van der Waals surface area contributed by atoms with E-state index in [0.717, 1.165) is 42.3 Å². The number of carboxylic acids is 1. The lowest BCUT2D eigenvalue weighted by molar-refractivity contribution is -0.147. The molecular formula is C16H18N2O2. The van der Waals surface area contributed by atoms with Gasteiger partial charge in [0.1, 0.15) is 0 Å². The zero-order valence-corrected chi connectivity index (χ0v) is 11.3. The lowest BCUT2D eigenvalue weighted by Crippen LogP contribution is -2.35. The molecule has 2 N–H and O–H groups in total. The van der Waals surface area contributed by atoms with Gasteiger partial charge in [-0.15, -0.1) is 0 Å². The number of rotatable bonds is 4. The van der Waals surface area contributed by atoms with Crippen molar-refractivity contribution in [2.24, 2.45) is 5.41 Å². The number of nitrogens with zero attached hydrogens (tertiary/aromatic N) is 1. The second-order valence-electron chi connectivity index (χ2n) is 5.52. The van der Waals surface area contributed by atoms with Crippen LogP contribution in [0.2, 0.25) is 0 Å².